The molecule has 0 aliphatic carbocycles. The van der Waals surface area contributed by atoms with Crippen molar-refractivity contribution in [3.63, 3.8) is 0 Å². The average Bonchev–Trinajstić information content (AvgIpc) is 2.67. The first-order chi connectivity index (χ1) is 13.3. The van der Waals surface area contributed by atoms with Crippen LogP contribution in [-0.2, 0) is 0 Å². The van der Waals surface area contributed by atoms with Gasteiger partial charge in [-0.3, -0.25) is 14.9 Å². The number of piperidine rings is 1. The van der Waals surface area contributed by atoms with Crippen molar-refractivity contribution < 1.29 is 9.72 Å². The van der Waals surface area contributed by atoms with Crippen LogP contribution < -0.4 is 10.2 Å². The molecule has 0 spiro atoms. The minimum Gasteiger partial charge on any atom is -0.371 e. The number of benzene rings is 2. The van der Waals surface area contributed by atoms with Crippen LogP contribution in [0.4, 0.5) is 11.4 Å². The summed E-state index contributed by atoms with van der Waals surface area (Å²) < 4.78 is 0. The molecule has 7 heteroatoms. The highest BCUT2D eigenvalue weighted by atomic mass is 35.5. The van der Waals surface area contributed by atoms with Gasteiger partial charge >= 0.3 is 0 Å². The summed E-state index contributed by atoms with van der Waals surface area (Å²) in [7, 11) is 0. The Balaban J connectivity index is 1.66. The van der Waals surface area contributed by atoms with Gasteiger partial charge in [0.2, 0.25) is 0 Å². The minimum atomic E-state index is -0.541. The number of non-ortho nitro benzene ring substituents is 1. The van der Waals surface area contributed by atoms with Gasteiger partial charge in [0.05, 0.1) is 21.6 Å². The zero-order valence-corrected chi connectivity index (χ0v) is 16.8. The number of anilines is 1. The van der Waals surface area contributed by atoms with Gasteiger partial charge in [-0.25, -0.2) is 0 Å². The van der Waals surface area contributed by atoms with E-state index in [0.29, 0.717) is 5.92 Å². The van der Waals surface area contributed by atoms with E-state index in [0.717, 1.165) is 18.7 Å². The van der Waals surface area contributed by atoms with Gasteiger partial charge in [0.1, 0.15) is 0 Å². The van der Waals surface area contributed by atoms with Crippen LogP contribution in [0.25, 0.3) is 0 Å². The Labute approximate surface area is 169 Å². The van der Waals surface area contributed by atoms with Gasteiger partial charge in [0, 0.05) is 30.9 Å². The molecular weight excluding hydrogens is 378 g/mol. The minimum absolute atomic E-state index is 0.0634. The number of nitrogens with one attached hydrogen (secondary N) is 1. The third-order valence-corrected chi connectivity index (χ3v) is 5.48. The maximum absolute atomic E-state index is 12.5. The molecule has 3 rings (SSSR count). The number of halogens is 1. The van der Waals surface area contributed by atoms with E-state index in [1.165, 1.54) is 36.7 Å². The van der Waals surface area contributed by atoms with Crippen LogP contribution in [0.15, 0.2) is 42.5 Å². The number of nitrogens with zero attached hydrogens (tertiary/aromatic N) is 2. The zero-order valence-electron chi connectivity index (χ0n) is 16.0. The van der Waals surface area contributed by atoms with Crippen molar-refractivity contribution >= 4 is 28.9 Å². The number of nitro benzene ring substituents is 1. The van der Waals surface area contributed by atoms with Crippen LogP contribution in [0.2, 0.25) is 5.02 Å². The van der Waals surface area contributed by atoms with Gasteiger partial charge in [-0.2, -0.15) is 0 Å². The molecule has 0 saturated carbocycles. The topological polar surface area (TPSA) is 75.5 Å². The Morgan fingerprint density at radius 2 is 2.00 bits per heavy atom. The molecule has 1 aliphatic heterocycles. The molecule has 1 aliphatic rings. The smallest absolute Gasteiger partial charge is 0.270 e. The molecule has 2 atom stereocenters. The summed E-state index contributed by atoms with van der Waals surface area (Å²) >= 11 is 6.05. The Hall–Kier alpha value is -2.60. The summed E-state index contributed by atoms with van der Waals surface area (Å²) in [5.74, 6) is 0.347. The fourth-order valence-corrected chi connectivity index (χ4v) is 3.82. The molecule has 0 radical (unpaired) electrons. The largest absolute Gasteiger partial charge is 0.371 e. The molecule has 1 fully saturated rings. The average molecular weight is 402 g/mol. The number of rotatable bonds is 5. The van der Waals surface area contributed by atoms with Crippen LogP contribution in [0, 0.1) is 16.0 Å². The first kappa shape index (κ1) is 20.1. The Morgan fingerprint density at radius 1 is 1.29 bits per heavy atom. The lowest BCUT2D eigenvalue weighted by Crippen LogP contribution is -2.34. The lowest BCUT2D eigenvalue weighted by Gasteiger charge is -2.33. The van der Waals surface area contributed by atoms with Gasteiger partial charge in [0.15, 0.2) is 0 Å². The summed E-state index contributed by atoms with van der Waals surface area (Å²) in [4.78, 5) is 25.2. The highest BCUT2D eigenvalue weighted by molar-refractivity contribution is 6.34. The molecule has 1 amide bonds. The fourth-order valence-electron chi connectivity index (χ4n) is 3.56. The Morgan fingerprint density at radius 3 is 2.61 bits per heavy atom. The molecule has 2 aromatic rings. The van der Waals surface area contributed by atoms with Gasteiger partial charge in [-0.05, 0) is 49.4 Å². The number of hydrogen-bond donors (Lipinski definition) is 1. The number of carbonyl (C=O) groups excluding carboxylic acids is 1. The molecule has 1 saturated heterocycles. The van der Waals surface area contributed by atoms with Crippen molar-refractivity contribution in [2.24, 2.45) is 5.92 Å². The van der Waals surface area contributed by atoms with Crippen molar-refractivity contribution in [2.45, 2.75) is 32.7 Å². The SMILES string of the molecule is CC1CCCN(c2ccc(C(C)NC(=O)c3ccc([N+](=O)[O-])cc3Cl)cc2)C1. The lowest BCUT2D eigenvalue weighted by molar-refractivity contribution is -0.384. The molecule has 0 aromatic heterocycles. The summed E-state index contributed by atoms with van der Waals surface area (Å²) in [6, 6.07) is 11.9. The first-order valence-corrected chi connectivity index (χ1v) is 9.82. The van der Waals surface area contributed by atoms with Crippen molar-refractivity contribution in [2.75, 3.05) is 18.0 Å². The zero-order chi connectivity index (χ0) is 20.3. The Kier molecular flexibility index (Phi) is 6.19. The predicted octanol–water partition coefficient (Wildman–Crippen LogP) is 4.98. The number of hydrogen-bond acceptors (Lipinski definition) is 4. The molecule has 0 bridgehead atoms. The predicted molar refractivity (Wildman–Crippen MR) is 111 cm³/mol. The van der Waals surface area contributed by atoms with Crippen molar-refractivity contribution in [3.8, 4) is 0 Å². The van der Waals surface area contributed by atoms with E-state index in [4.69, 9.17) is 11.6 Å². The van der Waals surface area contributed by atoms with E-state index < -0.39 is 4.92 Å². The van der Waals surface area contributed by atoms with Crippen molar-refractivity contribution in [1.82, 2.24) is 5.32 Å². The summed E-state index contributed by atoms with van der Waals surface area (Å²) in [6.07, 6.45) is 2.49. The van der Waals surface area contributed by atoms with E-state index in [2.05, 4.69) is 29.3 Å². The van der Waals surface area contributed by atoms with E-state index in [-0.39, 0.29) is 28.2 Å². The van der Waals surface area contributed by atoms with E-state index in [1.807, 2.05) is 19.1 Å². The van der Waals surface area contributed by atoms with E-state index in [1.54, 1.807) is 0 Å². The molecular formula is C21H24ClN3O3. The van der Waals surface area contributed by atoms with Crippen LogP contribution in [-0.4, -0.2) is 23.9 Å². The molecule has 6 nitrogen and oxygen atoms in total. The Bertz CT molecular complexity index is 870. The summed E-state index contributed by atoms with van der Waals surface area (Å²) in [5, 5.41) is 13.8. The highest BCUT2D eigenvalue weighted by Gasteiger charge is 2.19. The standard InChI is InChI=1S/C21H24ClN3O3/c1-14-4-3-11-24(13-14)17-7-5-16(6-8-17)15(2)23-21(26)19-10-9-18(25(27)28)12-20(19)22/h5-10,12,14-15H,3-4,11,13H2,1-2H3,(H,23,26). The second-order valence-electron chi connectivity index (χ2n) is 7.40. The molecule has 2 aromatic carbocycles. The van der Waals surface area contributed by atoms with E-state index in [9.17, 15) is 14.9 Å². The summed E-state index contributed by atoms with van der Waals surface area (Å²) in [6.45, 7) is 6.33. The van der Waals surface area contributed by atoms with Gasteiger partial charge < -0.3 is 10.2 Å². The summed E-state index contributed by atoms with van der Waals surface area (Å²) in [5.41, 5.74) is 2.27. The van der Waals surface area contributed by atoms with Crippen LogP contribution in [0.5, 0.6) is 0 Å². The molecule has 148 valence electrons. The van der Waals surface area contributed by atoms with E-state index >= 15 is 0 Å². The molecule has 1 N–H and O–H groups in total. The second-order valence-corrected chi connectivity index (χ2v) is 7.81. The monoisotopic (exact) mass is 401 g/mol. The normalized spacial score (nSPS) is 17.8. The van der Waals surface area contributed by atoms with Crippen LogP contribution in [0.3, 0.4) is 0 Å². The maximum Gasteiger partial charge on any atom is 0.270 e. The van der Waals surface area contributed by atoms with Crippen LogP contribution >= 0.6 is 11.6 Å². The van der Waals surface area contributed by atoms with Crippen molar-refractivity contribution in [1.29, 1.82) is 0 Å². The molecule has 2 unspecified atom stereocenters. The highest BCUT2D eigenvalue weighted by Crippen LogP contribution is 2.26. The third kappa shape index (κ3) is 4.62. The molecule has 28 heavy (non-hydrogen) atoms. The van der Waals surface area contributed by atoms with Gasteiger partial charge in [0.25, 0.3) is 11.6 Å². The van der Waals surface area contributed by atoms with Gasteiger partial charge in [-0.1, -0.05) is 30.7 Å². The third-order valence-electron chi connectivity index (χ3n) is 5.17. The number of nitro groups is 1. The first-order valence-electron chi connectivity index (χ1n) is 9.45. The van der Waals surface area contributed by atoms with Crippen LogP contribution in [0.1, 0.15) is 48.7 Å². The number of carbonyl (C=O) groups is 1. The van der Waals surface area contributed by atoms with Crippen molar-refractivity contribution in [3.05, 3.63) is 68.7 Å². The maximum atomic E-state index is 12.5. The lowest BCUT2D eigenvalue weighted by atomic mass is 9.99. The number of amides is 1. The molecule has 1 heterocycles. The van der Waals surface area contributed by atoms with Gasteiger partial charge in [-0.15, -0.1) is 0 Å². The fraction of sp³-hybridized carbons (Fsp3) is 0.381. The quantitative estimate of drug-likeness (QED) is 0.566. The second kappa shape index (κ2) is 8.61.